The average molecular weight is 300 g/mol. The van der Waals surface area contributed by atoms with Gasteiger partial charge in [-0.3, -0.25) is 5.73 Å². The van der Waals surface area contributed by atoms with Crippen LogP contribution in [0.3, 0.4) is 0 Å². The maximum Gasteiger partial charge on any atom is 0.329 e. The number of nitrogens with two attached hydrogens (primary N) is 1. The van der Waals surface area contributed by atoms with Gasteiger partial charge in [-0.05, 0) is 31.9 Å². The van der Waals surface area contributed by atoms with Gasteiger partial charge in [-0.2, -0.15) is 0 Å². The van der Waals surface area contributed by atoms with Crippen LogP contribution in [0.2, 0.25) is 0 Å². The fraction of sp³-hybridized carbons (Fsp3) is 0.250. The number of aromatic nitrogens is 1. The second-order valence-electron chi connectivity index (χ2n) is 4.11. The van der Waals surface area contributed by atoms with Gasteiger partial charge in [0.1, 0.15) is 10.1 Å². The Bertz CT molecular complexity index is 627. The Morgan fingerprint density at radius 1 is 1.21 bits per heavy atom. The number of hydrogen-bond acceptors (Lipinski definition) is 5. The zero-order chi connectivity index (χ0) is 14.6. The van der Waals surface area contributed by atoms with Crippen LogP contribution in [0.25, 0.3) is 0 Å². The molecule has 5 nitrogen and oxygen atoms in total. The molecule has 0 atom stereocenters. The van der Waals surface area contributed by atoms with Crippen molar-refractivity contribution in [3.8, 4) is 0 Å². The van der Waals surface area contributed by atoms with E-state index in [-0.39, 0.29) is 4.90 Å². The van der Waals surface area contributed by atoms with Crippen LogP contribution in [0.5, 0.6) is 0 Å². The van der Waals surface area contributed by atoms with Crippen molar-refractivity contribution in [2.24, 2.45) is 0 Å². The molecule has 104 valence electrons. The van der Waals surface area contributed by atoms with E-state index in [0.29, 0.717) is 11.1 Å². The molecule has 0 spiro atoms. The predicted molar refractivity (Wildman–Crippen MR) is 73.9 cm³/mol. The molecular weight excluding hydrogens is 284 g/mol. The third-order valence-corrected chi connectivity index (χ3v) is 4.13. The fourth-order valence-corrected chi connectivity index (χ4v) is 3.14. The van der Waals surface area contributed by atoms with Gasteiger partial charge in [-0.1, -0.05) is 29.0 Å². The van der Waals surface area contributed by atoms with Crippen LogP contribution < -0.4 is 10.7 Å². The summed E-state index contributed by atoms with van der Waals surface area (Å²) >= 11 is 1.50. The van der Waals surface area contributed by atoms with E-state index < -0.39 is 10.1 Å². The van der Waals surface area contributed by atoms with Gasteiger partial charge in [0.15, 0.2) is 0 Å². The lowest BCUT2D eigenvalue weighted by molar-refractivity contribution is -0.353. The molecule has 0 fully saturated rings. The van der Waals surface area contributed by atoms with Crippen molar-refractivity contribution in [2.45, 2.75) is 25.7 Å². The molecular formula is C12H16N2O3S2. The third-order valence-electron chi connectivity index (χ3n) is 2.34. The van der Waals surface area contributed by atoms with Gasteiger partial charge < -0.3 is 4.55 Å². The Labute approximate surface area is 116 Å². The van der Waals surface area contributed by atoms with E-state index in [1.807, 2.05) is 12.3 Å². The SMILES string of the molecule is Cc1cc(C)c(S(=O)(=O)[O-])c(C)c1.Nc1[nH+]ccs1. The van der Waals surface area contributed by atoms with Gasteiger partial charge in [0.05, 0.1) is 11.1 Å². The molecule has 1 aromatic heterocycles. The molecule has 0 bridgehead atoms. The first kappa shape index (κ1) is 15.6. The summed E-state index contributed by atoms with van der Waals surface area (Å²) in [6.07, 6.45) is 1.81. The summed E-state index contributed by atoms with van der Waals surface area (Å²) in [5.41, 5.74) is 7.24. The summed E-state index contributed by atoms with van der Waals surface area (Å²) < 4.78 is 32.5. The lowest BCUT2D eigenvalue weighted by Crippen LogP contribution is -2.04. The molecule has 0 saturated heterocycles. The summed E-state index contributed by atoms with van der Waals surface area (Å²) in [7, 11) is -4.33. The molecule has 7 heteroatoms. The van der Waals surface area contributed by atoms with Gasteiger partial charge in [0.25, 0.3) is 0 Å². The number of rotatable bonds is 1. The van der Waals surface area contributed by atoms with Crippen molar-refractivity contribution in [1.82, 2.24) is 0 Å². The Morgan fingerprint density at radius 2 is 1.74 bits per heavy atom. The van der Waals surface area contributed by atoms with Crippen molar-refractivity contribution >= 4 is 26.6 Å². The molecule has 0 aliphatic carbocycles. The number of aromatic amines is 1. The topological polar surface area (TPSA) is 97.4 Å². The average Bonchev–Trinajstić information content (AvgIpc) is 2.65. The van der Waals surface area contributed by atoms with Crippen LogP contribution in [-0.4, -0.2) is 13.0 Å². The van der Waals surface area contributed by atoms with E-state index in [4.69, 9.17) is 5.73 Å². The second-order valence-corrected chi connectivity index (χ2v) is 6.38. The summed E-state index contributed by atoms with van der Waals surface area (Å²) in [4.78, 5) is 2.71. The van der Waals surface area contributed by atoms with Gasteiger partial charge in [-0.15, -0.1) is 0 Å². The molecule has 2 aromatic rings. The minimum atomic E-state index is -4.33. The first-order valence-electron chi connectivity index (χ1n) is 5.46. The number of H-pyrrole nitrogens is 1. The molecule has 0 aliphatic rings. The molecule has 2 rings (SSSR count). The van der Waals surface area contributed by atoms with Gasteiger partial charge in [0.2, 0.25) is 0 Å². The first-order valence-corrected chi connectivity index (χ1v) is 7.75. The number of thiazole rings is 1. The molecule has 0 saturated carbocycles. The van der Waals surface area contributed by atoms with E-state index >= 15 is 0 Å². The zero-order valence-electron chi connectivity index (χ0n) is 10.9. The molecule has 3 N–H and O–H groups in total. The molecule has 1 aromatic carbocycles. The largest absolute Gasteiger partial charge is 0.744 e. The number of aryl methyl sites for hydroxylation is 3. The van der Waals surface area contributed by atoms with Crippen LogP contribution in [0.15, 0.2) is 28.6 Å². The monoisotopic (exact) mass is 300 g/mol. The quantitative estimate of drug-likeness (QED) is 0.810. The highest BCUT2D eigenvalue weighted by molar-refractivity contribution is 7.85. The van der Waals surface area contributed by atoms with E-state index in [9.17, 15) is 13.0 Å². The van der Waals surface area contributed by atoms with Crippen molar-refractivity contribution in [2.75, 3.05) is 5.73 Å². The molecule has 19 heavy (non-hydrogen) atoms. The maximum atomic E-state index is 10.8. The Balaban J connectivity index is 0.000000250. The molecule has 1 heterocycles. The maximum absolute atomic E-state index is 10.8. The Kier molecular flexibility index (Phi) is 5.04. The van der Waals surface area contributed by atoms with Crippen LogP contribution >= 0.6 is 11.3 Å². The highest BCUT2D eigenvalue weighted by Gasteiger charge is 2.09. The fourth-order valence-electron chi connectivity index (χ4n) is 1.82. The lowest BCUT2D eigenvalue weighted by Gasteiger charge is -2.14. The van der Waals surface area contributed by atoms with E-state index in [1.165, 1.54) is 11.3 Å². The third kappa shape index (κ3) is 4.62. The first-order chi connectivity index (χ1) is 8.71. The predicted octanol–water partition coefficient (Wildman–Crippen LogP) is 1.66. The van der Waals surface area contributed by atoms with E-state index in [0.717, 1.165) is 10.7 Å². The van der Waals surface area contributed by atoms with Crippen molar-refractivity contribution in [3.05, 3.63) is 40.4 Å². The second kappa shape index (κ2) is 6.14. The number of anilines is 1. The number of nitrogen functional groups attached to an aromatic ring is 1. The van der Waals surface area contributed by atoms with Crippen LogP contribution in [0.4, 0.5) is 5.13 Å². The van der Waals surface area contributed by atoms with Crippen LogP contribution in [0.1, 0.15) is 16.7 Å². The van der Waals surface area contributed by atoms with Gasteiger partial charge >= 0.3 is 5.13 Å². The number of nitrogens with one attached hydrogen (secondary N) is 1. The van der Waals surface area contributed by atoms with E-state index in [1.54, 1.807) is 32.2 Å². The Hall–Kier alpha value is -1.44. The summed E-state index contributed by atoms with van der Waals surface area (Å²) in [6.45, 7) is 5.12. The number of hydrogen-bond donors (Lipinski definition) is 1. The highest BCUT2D eigenvalue weighted by atomic mass is 32.2. The van der Waals surface area contributed by atoms with Crippen molar-refractivity contribution in [3.63, 3.8) is 0 Å². The number of benzene rings is 1. The lowest BCUT2D eigenvalue weighted by atomic mass is 10.1. The van der Waals surface area contributed by atoms with Gasteiger partial charge in [0, 0.05) is 5.38 Å². The van der Waals surface area contributed by atoms with E-state index in [2.05, 4.69) is 4.98 Å². The Morgan fingerprint density at radius 3 is 2.00 bits per heavy atom. The highest BCUT2D eigenvalue weighted by Crippen LogP contribution is 2.20. The summed E-state index contributed by atoms with van der Waals surface area (Å²) in [5.74, 6) is 0. The summed E-state index contributed by atoms with van der Waals surface area (Å²) in [6, 6.07) is 3.38. The van der Waals surface area contributed by atoms with Gasteiger partial charge in [-0.25, -0.2) is 13.4 Å². The van der Waals surface area contributed by atoms with Crippen LogP contribution in [-0.2, 0) is 10.1 Å². The minimum Gasteiger partial charge on any atom is -0.744 e. The molecule has 0 unspecified atom stereocenters. The normalized spacial score (nSPS) is 10.7. The standard InChI is InChI=1S/C9H12O3S.C3H4N2S/c1-6-4-7(2)9(8(3)5-6)13(10,11)12;4-3-5-1-2-6-3/h4-5H,1-3H3,(H,10,11,12);1-2H,(H2,4,5). The smallest absolute Gasteiger partial charge is 0.329 e. The minimum absolute atomic E-state index is 0.0851. The van der Waals surface area contributed by atoms with Crippen molar-refractivity contribution < 1.29 is 18.0 Å². The molecule has 0 aliphatic heterocycles. The zero-order valence-corrected chi connectivity index (χ0v) is 12.6. The molecule has 0 radical (unpaired) electrons. The summed E-state index contributed by atoms with van der Waals surface area (Å²) in [5, 5.41) is 2.66. The van der Waals surface area contributed by atoms with Crippen molar-refractivity contribution in [1.29, 1.82) is 0 Å². The molecule has 0 amide bonds. The van der Waals surface area contributed by atoms with Crippen LogP contribution in [0, 0.1) is 20.8 Å².